The van der Waals surface area contributed by atoms with Crippen LogP contribution >= 0.6 is 11.3 Å². The Balaban J connectivity index is 1.75. The van der Waals surface area contributed by atoms with Crippen LogP contribution in [-0.2, 0) is 12.0 Å². The fourth-order valence-electron chi connectivity index (χ4n) is 7.36. The molecule has 7 rings (SSSR count). The summed E-state index contributed by atoms with van der Waals surface area (Å²) in [6.45, 7) is 11.7. The molecule has 0 unspecified atom stereocenters. The van der Waals surface area contributed by atoms with Gasteiger partial charge >= 0.3 is 0 Å². The molecule has 0 spiro atoms. The quantitative estimate of drug-likeness (QED) is 0.146. The lowest BCUT2D eigenvalue weighted by atomic mass is 9.84. The van der Waals surface area contributed by atoms with Crippen molar-refractivity contribution in [2.24, 2.45) is 5.92 Å². The lowest BCUT2D eigenvalue weighted by Crippen LogP contribution is -2.55. The fourth-order valence-corrected chi connectivity index (χ4v) is 8.12. The van der Waals surface area contributed by atoms with Crippen molar-refractivity contribution in [2.75, 3.05) is 0 Å². The summed E-state index contributed by atoms with van der Waals surface area (Å²) in [5, 5.41) is 6.20. The van der Waals surface area contributed by atoms with Gasteiger partial charge in [0, 0.05) is 26.8 Å². The number of fused-ring (bicyclic) bond motifs is 3. The van der Waals surface area contributed by atoms with Crippen molar-refractivity contribution in [2.45, 2.75) is 59.4 Å². The maximum Gasteiger partial charge on any atom is 0.296 e. The van der Waals surface area contributed by atoms with Gasteiger partial charge in [-0.05, 0) is 66.3 Å². The summed E-state index contributed by atoms with van der Waals surface area (Å²) in [6.07, 6.45) is 8.10. The first kappa shape index (κ1) is 25.3. The highest BCUT2D eigenvalue weighted by molar-refractivity contribution is 7.13. The number of hydrogen-bond donors (Lipinski definition) is 0. The highest BCUT2D eigenvalue weighted by atomic mass is 32.1. The van der Waals surface area contributed by atoms with Gasteiger partial charge in [-0.3, -0.25) is 0 Å². The summed E-state index contributed by atoms with van der Waals surface area (Å²) < 4.78 is 5.26. The van der Waals surface area contributed by atoms with Gasteiger partial charge in [0.1, 0.15) is 17.3 Å². The summed E-state index contributed by atoms with van der Waals surface area (Å²) >= 11 is 1.83. The number of nitrogens with zero attached hydrogens (tertiary/aromatic N) is 2. The van der Waals surface area contributed by atoms with Crippen molar-refractivity contribution in [3.8, 4) is 21.7 Å². The van der Waals surface area contributed by atoms with Crippen molar-refractivity contribution in [3.63, 3.8) is 0 Å². The summed E-state index contributed by atoms with van der Waals surface area (Å²) in [5.74, 6) is 0.564. The number of allylic oxidation sites excluding steroid dienone is 1. The molecule has 4 heterocycles. The van der Waals surface area contributed by atoms with E-state index in [4.69, 9.17) is 0 Å². The fraction of sp³-hybridized carbons (Fsp3) is 0.270. The Kier molecular flexibility index (Phi) is 5.98. The van der Waals surface area contributed by atoms with Crippen LogP contribution in [0.3, 0.4) is 0 Å². The van der Waals surface area contributed by atoms with E-state index >= 15 is 0 Å². The molecular weight excluding hydrogens is 504 g/mol. The van der Waals surface area contributed by atoms with E-state index in [-0.39, 0.29) is 5.54 Å². The minimum absolute atomic E-state index is 0.0893. The molecule has 0 aliphatic carbocycles. The standard InChI is InChI=1S/C37H37N2S/c1-6-37(7-2)25(5)22-27-14-10-16-29-28-15-8-9-18-31(28)39-32(23-38(37)36(39)35(27)29)34-26(21-24(3)4)13-11-17-30(34)33-19-12-20-40-33/h8-20,22-24H,6-7,21H2,1-5H3/q+1. The predicted molar refractivity (Wildman–Crippen MR) is 172 cm³/mol. The Bertz CT molecular complexity index is 1930. The molecule has 0 amide bonds. The summed E-state index contributed by atoms with van der Waals surface area (Å²) in [4.78, 5) is 1.33. The first-order valence-electron chi connectivity index (χ1n) is 14.7. The van der Waals surface area contributed by atoms with E-state index in [2.05, 4.69) is 134 Å². The van der Waals surface area contributed by atoms with Crippen LogP contribution in [0.5, 0.6) is 0 Å². The van der Waals surface area contributed by atoms with Crippen LogP contribution in [-0.4, -0.2) is 4.40 Å². The van der Waals surface area contributed by atoms with Crippen molar-refractivity contribution in [1.29, 1.82) is 0 Å². The molecule has 6 aromatic rings. The second kappa shape index (κ2) is 9.45. The van der Waals surface area contributed by atoms with E-state index in [1.165, 1.54) is 65.7 Å². The third-order valence-electron chi connectivity index (χ3n) is 9.25. The topological polar surface area (TPSA) is 8.29 Å². The minimum Gasteiger partial charge on any atom is -0.220 e. The molecule has 0 bridgehead atoms. The van der Waals surface area contributed by atoms with E-state index in [1.54, 1.807) is 0 Å². The molecule has 2 nitrogen and oxygen atoms in total. The Labute approximate surface area is 241 Å². The first-order valence-corrected chi connectivity index (χ1v) is 15.6. The molecule has 40 heavy (non-hydrogen) atoms. The predicted octanol–water partition coefficient (Wildman–Crippen LogP) is 10.1. The zero-order chi connectivity index (χ0) is 27.6. The monoisotopic (exact) mass is 541 g/mol. The summed E-state index contributed by atoms with van der Waals surface area (Å²) in [5.41, 5.74) is 10.7. The highest BCUT2D eigenvalue weighted by Gasteiger charge is 2.42. The SMILES string of the molecule is CCC1(CC)C(C)=Cc2cccc3c4ccccc4n4c(-c5c(CC(C)C)cccc5-c5cccs5)c[n+]1c4c23. The van der Waals surface area contributed by atoms with Crippen LogP contribution < -0.4 is 4.57 Å². The van der Waals surface area contributed by atoms with Crippen molar-refractivity contribution in [3.05, 3.63) is 101 Å². The number of imidazole rings is 1. The molecular formula is C37H37N2S+. The largest absolute Gasteiger partial charge is 0.296 e. The van der Waals surface area contributed by atoms with Crippen molar-refractivity contribution < 1.29 is 4.57 Å². The van der Waals surface area contributed by atoms with Gasteiger partial charge in [-0.2, -0.15) is 4.40 Å². The second-order valence-electron chi connectivity index (χ2n) is 11.8. The van der Waals surface area contributed by atoms with Gasteiger partial charge in [-0.1, -0.05) is 94.4 Å². The minimum atomic E-state index is -0.0893. The van der Waals surface area contributed by atoms with Gasteiger partial charge in [0.05, 0.1) is 5.39 Å². The van der Waals surface area contributed by atoms with E-state index < -0.39 is 0 Å². The smallest absolute Gasteiger partial charge is 0.220 e. The van der Waals surface area contributed by atoms with Gasteiger partial charge in [-0.25, -0.2) is 4.57 Å². The maximum absolute atomic E-state index is 2.66. The molecule has 0 atom stereocenters. The Hall–Kier alpha value is -3.69. The molecule has 1 aliphatic heterocycles. The zero-order valence-corrected chi connectivity index (χ0v) is 25.0. The van der Waals surface area contributed by atoms with Crippen LogP contribution in [0.2, 0.25) is 0 Å². The Morgan fingerprint density at radius 1 is 0.875 bits per heavy atom. The highest BCUT2D eigenvalue weighted by Crippen LogP contribution is 2.44. The number of aromatic nitrogens is 2. The third-order valence-corrected chi connectivity index (χ3v) is 10.1. The molecule has 3 aromatic heterocycles. The Morgan fingerprint density at radius 2 is 1.65 bits per heavy atom. The van der Waals surface area contributed by atoms with Gasteiger partial charge < -0.3 is 0 Å². The number of pyridine rings is 1. The van der Waals surface area contributed by atoms with E-state index in [0.717, 1.165) is 19.3 Å². The number of thiophene rings is 1. The average Bonchev–Trinajstić information content (AvgIpc) is 3.61. The number of para-hydroxylation sites is 1. The first-order chi connectivity index (χ1) is 19.5. The van der Waals surface area contributed by atoms with Gasteiger partial charge in [-0.15, -0.1) is 11.3 Å². The van der Waals surface area contributed by atoms with Crippen LogP contribution in [0.1, 0.15) is 58.6 Å². The normalized spacial score (nSPS) is 14.5. The summed E-state index contributed by atoms with van der Waals surface area (Å²) in [6, 6.07) is 27.2. The molecule has 200 valence electrons. The van der Waals surface area contributed by atoms with Crippen LogP contribution in [0, 0.1) is 5.92 Å². The van der Waals surface area contributed by atoms with Crippen LogP contribution in [0.25, 0.3) is 55.1 Å². The molecule has 3 heteroatoms. The average molecular weight is 542 g/mol. The molecule has 0 radical (unpaired) electrons. The molecule has 0 saturated carbocycles. The van der Waals surface area contributed by atoms with Gasteiger partial charge in [0.25, 0.3) is 5.65 Å². The number of benzene rings is 3. The third kappa shape index (κ3) is 3.50. The molecule has 1 aliphatic rings. The lowest BCUT2D eigenvalue weighted by Gasteiger charge is -2.29. The molecule has 0 fully saturated rings. The molecule has 0 saturated heterocycles. The second-order valence-corrected chi connectivity index (χ2v) is 12.8. The Morgan fingerprint density at radius 3 is 2.40 bits per heavy atom. The lowest BCUT2D eigenvalue weighted by molar-refractivity contribution is -0.731. The van der Waals surface area contributed by atoms with Crippen molar-refractivity contribution in [1.82, 2.24) is 4.40 Å². The van der Waals surface area contributed by atoms with Crippen LogP contribution in [0.4, 0.5) is 0 Å². The number of rotatable bonds is 6. The molecule has 0 N–H and O–H groups in total. The van der Waals surface area contributed by atoms with E-state index in [1.807, 2.05) is 11.3 Å². The number of hydrogen-bond acceptors (Lipinski definition) is 1. The van der Waals surface area contributed by atoms with E-state index in [9.17, 15) is 0 Å². The van der Waals surface area contributed by atoms with Crippen molar-refractivity contribution >= 4 is 44.7 Å². The maximum atomic E-state index is 2.66. The van der Waals surface area contributed by atoms with Gasteiger partial charge in [0.2, 0.25) is 0 Å². The zero-order valence-electron chi connectivity index (χ0n) is 24.2. The van der Waals surface area contributed by atoms with Gasteiger partial charge in [0.15, 0.2) is 5.69 Å². The summed E-state index contributed by atoms with van der Waals surface area (Å²) in [7, 11) is 0. The molecule has 3 aromatic carbocycles. The van der Waals surface area contributed by atoms with Crippen LogP contribution in [0.15, 0.2) is 89.9 Å². The van der Waals surface area contributed by atoms with E-state index in [0.29, 0.717) is 5.92 Å².